The van der Waals surface area contributed by atoms with Crippen LogP contribution in [0.1, 0.15) is 75.8 Å². The van der Waals surface area contributed by atoms with Crippen LogP contribution in [0.4, 0.5) is 72.1 Å². The van der Waals surface area contributed by atoms with Gasteiger partial charge in [0.05, 0.1) is 5.92 Å². The molecule has 0 heterocycles. The Balaban J connectivity index is 1.49. The van der Waals surface area contributed by atoms with Crippen molar-refractivity contribution in [3.63, 3.8) is 0 Å². The van der Waals surface area contributed by atoms with Crippen LogP contribution in [0.25, 0.3) is 0 Å². The SMILES string of the molecule is CCCCCCC1CCC(C(F)(F)Oc2cc(F)c(C(F)(F)Oc3cc(F)c(C(F)(F)Oc4cc(F)c(S(F)(F)(F)(F)F)c(F)c4)c(F)c3)c(F)c2)CC1. The van der Waals surface area contributed by atoms with E-state index >= 15 is 0 Å². The molecule has 54 heavy (non-hydrogen) atoms. The van der Waals surface area contributed by atoms with Crippen LogP contribution in [0.3, 0.4) is 0 Å². The van der Waals surface area contributed by atoms with E-state index in [1.807, 2.05) is 6.92 Å². The van der Waals surface area contributed by atoms with Gasteiger partial charge in [0.1, 0.15) is 51.6 Å². The van der Waals surface area contributed by atoms with Crippen LogP contribution in [0.5, 0.6) is 17.2 Å². The van der Waals surface area contributed by atoms with Crippen LogP contribution in [-0.4, -0.2) is 6.11 Å². The molecule has 0 atom stereocenters. The number of hydrogen-bond acceptors (Lipinski definition) is 3. The van der Waals surface area contributed by atoms with Crippen LogP contribution in [0, 0.1) is 46.7 Å². The highest BCUT2D eigenvalue weighted by atomic mass is 32.5. The van der Waals surface area contributed by atoms with Crippen molar-refractivity contribution >= 4 is 10.2 Å². The lowest BCUT2D eigenvalue weighted by atomic mass is 9.79. The van der Waals surface area contributed by atoms with Crippen molar-refractivity contribution in [2.75, 3.05) is 0 Å². The van der Waals surface area contributed by atoms with Gasteiger partial charge in [-0.15, -0.1) is 0 Å². The second-order valence-corrected chi connectivity index (χ2v) is 15.0. The Hall–Kier alpha value is -3.78. The Bertz CT molecular complexity index is 1770. The van der Waals surface area contributed by atoms with E-state index in [1.165, 1.54) is 0 Å². The molecule has 0 aromatic heterocycles. The molecule has 3 aromatic carbocycles. The van der Waals surface area contributed by atoms with Crippen LogP contribution < -0.4 is 14.2 Å². The summed E-state index contributed by atoms with van der Waals surface area (Å²) in [5, 5.41) is 0. The molecule has 1 aliphatic rings. The van der Waals surface area contributed by atoms with Gasteiger partial charge in [0.2, 0.25) is 0 Å². The summed E-state index contributed by atoms with van der Waals surface area (Å²) in [7, 11) is -11.1. The average molecular weight is 829 g/mol. The number of unbranched alkanes of at least 4 members (excludes halogenated alkanes) is 3. The van der Waals surface area contributed by atoms with Crippen molar-refractivity contribution in [2.24, 2.45) is 11.8 Å². The summed E-state index contributed by atoms with van der Waals surface area (Å²) in [6, 6.07) is -2.54. The molecule has 3 aromatic rings. The van der Waals surface area contributed by atoms with Crippen molar-refractivity contribution in [3.8, 4) is 17.2 Å². The average Bonchev–Trinajstić information content (AvgIpc) is 2.96. The third kappa shape index (κ3) is 10.1. The monoisotopic (exact) mass is 828 g/mol. The lowest BCUT2D eigenvalue weighted by Crippen LogP contribution is -2.37. The van der Waals surface area contributed by atoms with Crippen molar-refractivity contribution in [1.29, 1.82) is 0 Å². The van der Waals surface area contributed by atoms with Gasteiger partial charge in [-0.3, -0.25) is 0 Å². The minimum absolute atomic E-state index is 0.0128. The van der Waals surface area contributed by atoms with Gasteiger partial charge in [0, 0.05) is 36.4 Å². The normalized spacial score (nSPS) is 18.6. The first-order valence-electron chi connectivity index (χ1n) is 16.0. The maximum Gasteiger partial charge on any atom is 0.432 e. The van der Waals surface area contributed by atoms with E-state index in [-0.39, 0.29) is 30.9 Å². The second kappa shape index (κ2) is 14.4. The fraction of sp³-hybridized carbons (Fsp3) is 0.455. The van der Waals surface area contributed by atoms with E-state index in [0.717, 1.165) is 32.1 Å². The standard InChI is InChI=1S/C33H29F17O3S/c1-2-3-4-5-6-17-7-9-18(10-8-17)31(40,41)51-19-11-22(34)28(23(35)12-19)32(42,43)52-20-13-24(36)29(25(37)14-20)33(44,45)53-21-15-26(38)30(27(39)16-21)54(46,47,48,49)50/h11-18H,2-10H2,1H3. The molecule has 0 bridgehead atoms. The molecule has 0 radical (unpaired) electrons. The first-order valence-corrected chi connectivity index (χ1v) is 17.9. The van der Waals surface area contributed by atoms with E-state index in [0.29, 0.717) is 12.8 Å². The third-order valence-corrected chi connectivity index (χ3v) is 9.67. The molecular formula is C33H29F17O3S. The summed E-state index contributed by atoms with van der Waals surface area (Å²) in [5.74, 6) is -22.0. The highest BCUT2D eigenvalue weighted by molar-refractivity contribution is 8.45. The molecule has 0 spiro atoms. The van der Waals surface area contributed by atoms with E-state index < -0.39 is 127 Å². The molecule has 1 fully saturated rings. The van der Waals surface area contributed by atoms with Gasteiger partial charge in [-0.1, -0.05) is 58.5 Å². The molecule has 21 heteroatoms. The molecule has 304 valence electrons. The fourth-order valence-electron chi connectivity index (χ4n) is 6.02. The maximum absolute atomic E-state index is 14.9. The molecule has 0 saturated heterocycles. The van der Waals surface area contributed by atoms with Crippen molar-refractivity contribution in [1.82, 2.24) is 0 Å². The molecule has 3 nitrogen and oxygen atoms in total. The fourth-order valence-corrected chi connectivity index (χ4v) is 6.88. The molecule has 1 saturated carbocycles. The summed E-state index contributed by atoms with van der Waals surface area (Å²) >= 11 is 0. The van der Waals surface area contributed by atoms with Gasteiger partial charge in [-0.25, -0.2) is 26.3 Å². The van der Waals surface area contributed by atoms with Crippen molar-refractivity contribution < 1.29 is 86.3 Å². The third-order valence-electron chi connectivity index (χ3n) is 8.50. The minimum Gasteiger partial charge on any atom is -0.432 e. The minimum atomic E-state index is -11.1. The predicted octanol–water partition coefficient (Wildman–Crippen LogP) is 14.2. The summed E-state index contributed by atoms with van der Waals surface area (Å²) in [6.07, 6.45) is -8.89. The number of benzene rings is 3. The van der Waals surface area contributed by atoms with E-state index in [4.69, 9.17) is 0 Å². The second-order valence-electron chi connectivity index (χ2n) is 12.7. The van der Waals surface area contributed by atoms with E-state index in [1.54, 1.807) is 0 Å². The lowest BCUT2D eigenvalue weighted by Gasteiger charge is -2.40. The number of rotatable bonds is 15. The Labute approximate surface area is 296 Å². The van der Waals surface area contributed by atoms with Crippen LogP contribution in [0.15, 0.2) is 41.3 Å². The Kier molecular flexibility index (Phi) is 11.4. The van der Waals surface area contributed by atoms with Gasteiger partial charge in [-0.05, 0) is 31.6 Å². The molecule has 0 amide bonds. The van der Waals surface area contributed by atoms with Gasteiger partial charge in [-0.2, -0.15) is 26.3 Å². The molecule has 4 rings (SSSR count). The van der Waals surface area contributed by atoms with Crippen molar-refractivity contribution in [3.05, 3.63) is 82.4 Å². The van der Waals surface area contributed by atoms with Gasteiger partial charge < -0.3 is 14.2 Å². The van der Waals surface area contributed by atoms with Gasteiger partial charge >= 0.3 is 28.5 Å². The van der Waals surface area contributed by atoms with Crippen LogP contribution in [0.2, 0.25) is 0 Å². The molecule has 0 aliphatic heterocycles. The summed E-state index contributed by atoms with van der Waals surface area (Å²) in [6.45, 7) is 2.04. The van der Waals surface area contributed by atoms with Crippen molar-refractivity contribution in [2.45, 2.75) is 87.9 Å². The zero-order valence-electron chi connectivity index (χ0n) is 27.5. The Morgan fingerprint density at radius 2 is 0.907 bits per heavy atom. The summed E-state index contributed by atoms with van der Waals surface area (Å²) in [4.78, 5) is -3.74. The first kappa shape index (κ1) is 43.0. The Morgan fingerprint density at radius 1 is 0.537 bits per heavy atom. The van der Waals surface area contributed by atoms with Gasteiger partial charge in [0.15, 0.2) is 16.5 Å². The number of hydrogen-bond donors (Lipinski definition) is 0. The predicted molar refractivity (Wildman–Crippen MR) is 159 cm³/mol. The maximum atomic E-state index is 14.9. The molecule has 0 unspecified atom stereocenters. The highest BCUT2D eigenvalue weighted by Crippen LogP contribution is 3.02. The zero-order chi connectivity index (χ0) is 40.7. The van der Waals surface area contributed by atoms with E-state index in [9.17, 15) is 72.1 Å². The number of halogens is 17. The van der Waals surface area contributed by atoms with Crippen LogP contribution in [-0.2, 0) is 12.2 Å². The zero-order valence-corrected chi connectivity index (χ0v) is 28.4. The Morgan fingerprint density at radius 3 is 1.28 bits per heavy atom. The first-order chi connectivity index (χ1) is 24.5. The molecule has 1 aliphatic carbocycles. The largest absolute Gasteiger partial charge is 0.432 e. The topological polar surface area (TPSA) is 27.7 Å². The lowest BCUT2D eigenvalue weighted by molar-refractivity contribution is -0.223. The number of alkyl halides is 6. The van der Waals surface area contributed by atoms with Crippen LogP contribution >= 0.6 is 10.2 Å². The summed E-state index contributed by atoms with van der Waals surface area (Å²) in [5.41, 5.74) is -4.84. The van der Waals surface area contributed by atoms with Gasteiger partial charge in [0.25, 0.3) is 0 Å². The smallest absolute Gasteiger partial charge is 0.432 e. The highest BCUT2D eigenvalue weighted by Gasteiger charge is 2.69. The summed E-state index contributed by atoms with van der Waals surface area (Å²) < 4.78 is 252. The molecule has 0 N–H and O–H groups in total. The van der Waals surface area contributed by atoms with E-state index in [2.05, 4.69) is 14.2 Å². The number of ether oxygens (including phenoxy) is 3. The quantitative estimate of drug-likeness (QED) is 0.113. The molecular weight excluding hydrogens is 799 g/mol.